The summed E-state index contributed by atoms with van der Waals surface area (Å²) in [6.07, 6.45) is 0. The van der Waals surface area contributed by atoms with Crippen molar-refractivity contribution in [3.8, 4) is 11.3 Å². The van der Waals surface area contributed by atoms with E-state index in [0.29, 0.717) is 17.0 Å². The molecule has 0 fully saturated rings. The number of anilines is 1. The van der Waals surface area contributed by atoms with Gasteiger partial charge in [0.2, 0.25) is 0 Å². The fraction of sp³-hybridized carbons (Fsp3) is 0.111. The van der Waals surface area contributed by atoms with Crippen LogP contribution in [0.1, 0.15) is 21.7 Å². The summed E-state index contributed by atoms with van der Waals surface area (Å²) in [4.78, 5) is 12.7. The molecule has 5 heteroatoms. The first-order valence-corrected chi connectivity index (χ1v) is 7.95. The zero-order chi connectivity index (χ0) is 16.4. The van der Waals surface area contributed by atoms with Crippen molar-refractivity contribution >= 4 is 27.5 Å². The predicted octanol–water partition coefficient (Wildman–Crippen LogP) is 4.97. The summed E-state index contributed by atoms with van der Waals surface area (Å²) in [5, 5.41) is 6.97. The van der Waals surface area contributed by atoms with Crippen molar-refractivity contribution in [1.29, 1.82) is 0 Å². The molecule has 0 saturated heterocycles. The van der Waals surface area contributed by atoms with E-state index in [0.717, 1.165) is 21.3 Å². The molecule has 0 radical (unpaired) electrons. The average Bonchev–Trinajstić information content (AvgIpc) is 2.93. The Kier molecular flexibility index (Phi) is 4.30. The highest BCUT2D eigenvalue weighted by Gasteiger charge is 2.21. The van der Waals surface area contributed by atoms with Crippen molar-refractivity contribution in [2.45, 2.75) is 13.8 Å². The highest BCUT2D eigenvalue weighted by atomic mass is 79.9. The quantitative estimate of drug-likeness (QED) is 0.707. The second kappa shape index (κ2) is 6.38. The highest BCUT2D eigenvalue weighted by molar-refractivity contribution is 9.10. The maximum Gasteiger partial charge on any atom is 0.261 e. The van der Waals surface area contributed by atoms with E-state index in [1.54, 1.807) is 6.92 Å². The minimum atomic E-state index is -0.229. The van der Waals surface area contributed by atoms with Crippen molar-refractivity contribution in [1.82, 2.24) is 5.16 Å². The topological polar surface area (TPSA) is 55.1 Å². The molecule has 0 bridgehead atoms. The first-order chi connectivity index (χ1) is 11.1. The lowest BCUT2D eigenvalue weighted by Crippen LogP contribution is -2.14. The number of halogens is 1. The van der Waals surface area contributed by atoms with E-state index in [4.69, 9.17) is 4.52 Å². The van der Waals surface area contributed by atoms with E-state index in [2.05, 4.69) is 26.4 Å². The summed E-state index contributed by atoms with van der Waals surface area (Å²) in [6, 6.07) is 15.2. The average molecular weight is 371 g/mol. The van der Waals surface area contributed by atoms with E-state index in [9.17, 15) is 4.79 Å². The monoisotopic (exact) mass is 370 g/mol. The number of aromatic nitrogens is 1. The Hall–Kier alpha value is -2.40. The molecular formula is C18H15BrN2O2. The number of hydrogen-bond acceptors (Lipinski definition) is 3. The van der Waals surface area contributed by atoms with Crippen LogP contribution < -0.4 is 5.32 Å². The fourth-order valence-corrected chi connectivity index (χ4v) is 2.86. The van der Waals surface area contributed by atoms with Crippen LogP contribution in [-0.2, 0) is 0 Å². The summed E-state index contributed by atoms with van der Waals surface area (Å²) in [5.74, 6) is 0.268. The second-order valence-corrected chi connectivity index (χ2v) is 6.16. The molecule has 0 unspecified atom stereocenters. The van der Waals surface area contributed by atoms with Gasteiger partial charge in [0, 0.05) is 15.7 Å². The number of rotatable bonds is 3. The van der Waals surface area contributed by atoms with Crippen molar-refractivity contribution in [3.05, 3.63) is 69.9 Å². The summed E-state index contributed by atoms with van der Waals surface area (Å²) < 4.78 is 6.21. The van der Waals surface area contributed by atoms with Crippen LogP contribution in [-0.4, -0.2) is 11.1 Å². The van der Waals surface area contributed by atoms with Gasteiger partial charge in [-0.2, -0.15) is 0 Å². The maximum atomic E-state index is 12.7. The predicted molar refractivity (Wildman–Crippen MR) is 93.5 cm³/mol. The molecule has 1 aromatic heterocycles. The Labute approximate surface area is 142 Å². The van der Waals surface area contributed by atoms with Gasteiger partial charge in [-0.3, -0.25) is 4.79 Å². The fourth-order valence-electron chi connectivity index (χ4n) is 2.38. The lowest BCUT2D eigenvalue weighted by molar-refractivity contribution is 0.102. The normalized spacial score (nSPS) is 10.6. The first kappa shape index (κ1) is 15.5. The minimum Gasteiger partial charge on any atom is -0.360 e. The molecule has 116 valence electrons. The molecule has 0 saturated carbocycles. The van der Waals surface area contributed by atoms with E-state index in [1.807, 2.05) is 55.5 Å². The summed E-state index contributed by atoms with van der Waals surface area (Å²) in [6.45, 7) is 3.68. The SMILES string of the molecule is Cc1cc(Br)ccc1NC(=O)c1c(-c2ccccc2)noc1C. The van der Waals surface area contributed by atoms with E-state index in [1.165, 1.54) is 0 Å². The van der Waals surface area contributed by atoms with Gasteiger partial charge in [0.25, 0.3) is 5.91 Å². The zero-order valence-corrected chi connectivity index (χ0v) is 14.3. The highest BCUT2D eigenvalue weighted by Crippen LogP contribution is 2.27. The number of benzene rings is 2. The molecule has 3 aromatic rings. The van der Waals surface area contributed by atoms with Crippen LogP contribution in [0, 0.1) is 13.8 Å². The molecule has 1 heterocycles. The van der Waals surface area contributed by atoms with Gasteiger partial charge in [-0.25, -0.2) is 0 Å². The summed E-state index contributed by atoms with van der Waals surface area (Å²) >= 11 is 3.42. The van der Waals surface area contributed by atoms with Crippen LogP contribution in [0.25, 0.3) is 11.3 Å². The van der Waals surface area contributed by atoms with Crippen molar-refractivity contribution < 1.29 is 9.32 Å². The Morgan fingerprint density at radius 1 is 1.13 bits per heavy atom. The molecule has 1 N–H and O–H groups in total. The second-order valence-electron chi connectivity index (χ2n) is 5.24. The molecular weight excluding hydrogens is 356 g/mol. The van der Waals surface area contributed by atoms with Gasteiger partial charge >= 0.3 is 0 Å². The van der Waals surface area contributed by atoms with Crippen molar-refractivity contribution in [3.63, 3.8) is 0 Å². The molecule has 0 spiro atoms. The summed E-state index contributed by atoms with van der Waals surface area (Å²) in [7, 11) is 0. The molecule has 0 aliphatic carbocycles. The largest absolute Gasteiger partial charge is 0.360 e. The number of hydrogen-bond donors (Lipinski definition) is 1. The van der Waals surface area contributed by atoms with Crippen LogP contribution in [0.2, 0.25) is 0 Å². The molecule has 1 amide bonds. The van der Waals surface area contributed by atoms with Gasteiger partial charge in [-0.05, 0) is 37.6 Å². The third kappa shape index (κ3) is 3.19. The first-order valence-electron chi connectivity index (χ1n) is 7.15. The van der Waals surface area contributed by atoms with E-state index >= 15 is 0 Å². The Morgan fingerprint density at radius 2 is 1.87 bits per heavy atom. The number of aryl methyl sites for hydroxylation is 2. The number of nitrogens with zero attached hydrogens (tertiary/aromatic N) is 1. The standard InChI is InChI=1S/C18H15BrN2O2/c1-11-10-14(19)8-9-15(11)20-18(22)16-12(2)23-21-17(16)13-6-4-3-5-7-13/h3-10H,1-2H3,(H,20,22). The Bertz CT molecular complexity index is 857. The van der Waals surface area contributed by atoms with E-state index < -0.39 is 0 Å². The van der Waals surface area contributed by atoms with Crippen LogP contribution in [0.3, 0.4) is 0 Å². The summed E-state index contributed by atoms with van der Waals surface area (Å²) in [5.41, 5.74) is 3.59. The van der Waals surface area contributed by atoms with Gasteiger partial charge in [0.05, 0.1) is 0 Å². The molecule has 0 aliphatic rings. The molecule has 3 rings (SSSR count). The zero-order valence-electron chi connectivity index (χ0n) is 12.8. The van der Waals surface area contributed by atoms with Crippen molar-refractivity contribution in [2.75, 3.05) is 5.32 Å². The molecule has 4 nitrogen and oxygen atoms in total. The molecule has 0 atom stereocenters. The minimum absolute atomic E-state index is 0.229. The number of amides is 1. The van der Waals surface area contributed by atoms with Gasteiger partial charge in [0.1, 0.15) is 17.0 Å². The number of carbonyl (C=O) groups excluding carboxylic acids is 1. The third-order valence-electron chi connectivity index (χ3n) is 3.57. The Morgan fingerprint density at radius 3 is 2.57 bits per heavy atom. The molecule has 2 aromatic carbocycles. The van der Waals surface area contributed by atoms with E-state index in [-0.39, 0.29) is 5.91 Å². The smallest absolute Gasteiger partial charge is 0.261 e. The lowest BCUT2D eigenvalue weighted by Gasteiger charge is -2.09. The van der Waals surface area contributed by atoms with Crippen LogP contribution in [0.15, 0.2) is 57.5 Å². The van der Waals surface area contributed by atoms with Crippen LogP contribution in [0.5, 0.6) is 0 Å². The van der Waals surface area contributed by atoms with Crippen molar-refractivity contribution in [2.24, 2.45) is 0 Å². The van der Waals surface area contributed by atoms with Crippen LogP contribution in [0.4, 0.5) is 5.69 Å². The third-order valence-corrected chi connectivity index (χ3v) is 4.07. The van der Waals surface area contributed by atoms with Gasteiger partial charge in [0.15, 0.2) is 0 Å². The molecule has 0 aliphatic heterocycles. The van der Waals surface area contributed by atoms with Crippen LogP contribution >= 0.6 is 15.9 Å². The lowest BCUT2D eigenvalue weighted by atomic mass is 10.1. The maximum absolute atomic E-state index is 12.7. The van der Waals surface area contributed by atoms with Gasteiger partial charge < -0.3 is 9.84 Å². The number of carbonyl (C=O) groups is 1. The number of nitrogens with one attached hydrogen (secondary N) is 1. The molecule has 23 heavy (non-hydrogen) atoms. The van der Waals surface area contributed by atoms with Gasteiger partial charge in [-0.1, -0.05) is 51.4 Å². The Balaban J connectivity index is 1.96. The van der Waals surface area contributed by atoms with Gasteiger partial charge in [-0.15, -0.1) is 0 Å².